The third kappa shape index (κ3) is 5.18. The number of ether oxygens (including phenoxy) is 1. The molecule has 2 aromatic carbocycles. The van der Waals surface area contributed by atoms with Gasteiger partial charge in [-0.3, -0.25) is 9.59 Å². The van der Waals surface area contributed by atoms with E-state index in [0.29, 0.717) is 6.07 Å². The Morgan fingerprint density at radius 1 is 0.964 bits per heavy atom. The molecule has 0 radical (unpaired) electrons. The lowest BCUT2D eigenvalue weighted by Crippen LogP contribution is -2.46. The average Bonchev–Trinajstić information content (AvgIpc) is 2.66. The van der Waals surface area contributed by atoms with E-state index >= 15 is 0 Å². The Balaban J connectivity index is 2.02. The van der Waals surface area contributed by atoms with Crippen molar-refractivity contribution in [2.75, 3.05) is 6.61 Å². The minimum absolute atomic E-state index is 0.164. The molecule has 1 N–H and O–H groups in total. The quantitative estimate of drug-likeness (QED) is 0.579. The van der Waals surface area contributed by atoms with Gasteiger partial charge < -0.3 is 10.1 Å². The second-order valence-corrected chi connectivity index (χ2v) is 6.33. The molecular weight excluding hydrogens is 375 g/mol. The van der Waals surface area contributed by atoms with Crippen LogP contribution in [0.15, 0.2) is 42.5 Å². The summed E-state index contributed by atoms with van der Waals surface area (Å²) in [5.41, 5.74) is -0.401. The summed E-state index contributed by atoms with van der Waals surface area (Å²) in [5, 5.41) is 2.38. The molecule has 0 heterocycles. The summed E-state index contributed by atoms with van der Waals surface area (Å²) in [6, 6.07) is 6.68. The van der Waals surface area contributed by atoms with Crippen LogP contribution in [0, 0.1) is 23.4 Å². The molecule has 0 fully saturated rings. The molecule has 0 aliphatic carbocycles. The highest BCUT2D eigenvalue weighted by atomic mass is 19.2. The van der Waals surface area contributed by atoms with Crippen molar-refractivity contribution in [2.24, 2.45) is 5.92 Å². The Morgan fingerprint density at radius 3 is 2.25 bits per heavy atom. The molecule has 0 spiro atoms. The lowest BCUT2D eigenvalue weighted by Gasteiger charge is -2.21. The molecule has 0 aliphatic heterocycles. The number of nitrogens with one attached hydrogen (secondary N) is 1. The standard InChI is InChI=1S/C20H18F3NO4/c1-11(2)18(24-19(26)13-5-3-4-6-14(13)21)20(27)28-10-17(25)12-7-8-15(22)16(23)9-12/h3-9,11,18H,10H2,1-2H3,(H,24,26). The van der Waals surface area contributed by atoms with Gasteiger partial charge in [0.25, 0.3) is 5.91 Å². The smallest absolute Gasteiger partial charge is 0.329 e. The first-order chi connectivity index (χ1) is 13.2. The fourth-order valence-electron chi connectivity index (χ4n) is 2.34. The molecule has 0 saturated heterocycles. The van der Waals surface area contributed by atoms with E-state index in [2.05, 4.69) is 5.32 Å². The van der Waals surface area contributed by atoms with E-state index in [-0.39, 0.29) is 11.1 Å². The summed E-state index contributed by atoms with van der Waals surface area (Å²) in [6.45, 7) is 2.54. The van der Waals surface area contributed by atoms with Crippen LogP contribution in [0.2, 0.25) is 0 Å². The van der Waals surface area contributed by atoms with Crippen LogP contribution in [0.1, 0.15) is 34.6 Å². The first kappa shape index (κ1) is 21.1. The number of benzene rings is 2. The summed E-state index contributed by atoms with van der Waals surface area (Å²) >= 11 is 0. The van der Waals surface area contributed by atoms with Crippen molar-refractivity contribution >= 4 is 17.7 Å². The maximum Gasteiger partial charge on any atom is 0.329 e. The number of Topliss-reactive ketones (excluding diaryl/α,β-unsaturated/α-hetero) is 1. The van der Waals surface area contributed by atoms with E-state index in [0.717, 1.165) is 18.2 Å². The molecule has 28 heavy (non-hydrogen) atoms. The van der Waals surface area contributed by atoms with Crippen LogP contribution in [0.4, 0.5) is 13.2 Å². The maximum atomic E-state index is 13.7. The highest BCUT2D eigenvalue weighted by molar-refractivity contribution is 5.99. The predicted octanol–water partition coefficient (Wildman–Crippen LogP) is 3.28. The van der Waals surface area contributed by atoms with Crippen LogP contribution < -0.4 is 5.32 Å². The molecule has 0 aromatic heterocycles. The van der Waals surface area contributed by atoms with Gasteiger partial charge in [-0.25, -0.2) is 18.0 Å². The highest BCUT2D eigenvalue weighted by Crippen LogP contribution is 2.12. The number of ketones is 1. The molecule has 1 amide bonds. The third-order valence-corrected chi connectivity index (χ3v) is 3.91. The van der Waals surface area contributed by atoms with Crippen molar-refractivity contribution in [2.45, 2.75) is 19.9 Å². The van der Waals surface area contributed by atoms with E-state index in [1.807, 2.05) is 0 Å². The molecule has 0 saturated carbocycles. The number of hydrogen-bond acceptors (Lipinski definition) is 4. The van der Waals surface area contributed by atoms with Gasteiger partial charge >= 0.3 is 5.97 Å². The zero-order valence-electron chi connectivity index (χ0n) is 15.2. The number of rotatable bonds is 7. The van der Waals surface area contributed by atoms with Crippen LogP contribution >= 0.6 is 0 Å². The summed E-state index contributed by atoms with van der Waals surface area (Å²) in [6.07, 6.45) is 0. The van der Waals surface area contributed by atoms with Crippen molar-refractivity contribution in [3.63, 3.8) is 0 Å². The van der Waals surface area contributed by atoms with Crippen molar-refractivity contribution in [1.29, 1.82) is 0 Å². The molecule has 1 unspecified atom stereocenters. The van der Waals surface area contributed by atoms with E-state index < -0.39 is 53.7 Å². The number of esters is 1. The van der Waals surface area contributed by atoms with Crippen molar-refractivity contribution in [3.8, 4) is 0 Å². The molecule has 2 aromatic rings. The zero-order chi connectivity index (χ0) is 20.8. The Hall–Kier alpha value is -3.16. The minimum atomic E-state index is -1.20. The number of hydrogen-bond donors (Lipinski definition) is 1. The summed E-state index contributed by atoms with van der Waals surface area (Å²) < 4.78 is 44.7. The monoisotopic (exact) mass is 393 g/mol. The Morgan fingerprint density at radius 2 is 1.64 bits per heavy atom. The lowest BCUT2D eigenvalue weighted by atomic mass is 10.0. The van der Waals surface area contributed by atoms with E-state index in [1.54, 1.807) is 13.8 Å². The number of amides is 1. The second-order valence-electron chi connectivity index (χ2n) is 6.33. The molecule has 2 rings (SSSR count). The SMILES string of the molecule is CC(C)C(NC(=O)c1ccccc1F)C(=O)OCC(=O)c1ccc(F)c(F)c1. The van der Waals surface area contributed by atoms with E-state index in [9.17, 15) is 27.6 Å². The topological polar surface area (TPSA) is 72.5 Å². The maximum absolute atomic E-state index is 13.7. The fraction of sp³-hybridized carbons (Fsp3) is 0.250. The normalized spacial score (nSPS) is 11.8. The van der Waals surface area contributed by atoms with Gasteiger partial charge in [-0.1, -0.05) is 26.0 Å². The molecule has 148 valence electrons. The van der Waals surface area contributed by atoms with Crippen LogP contribution in [-0.2, 0) is 9.53 Å². The van der Waals surface area contributed by atoms with Gasteiger partial charge in [0.2, 0.25) is 0 Å². The summed E-state index contributed by atoms with van der Waals surface area (Å²) in [7, 11) is 0. The average molecular weight is 393 g/mol. The first-order valence-electron chi connectivity index (χ1n) is 8.41. The first-order valence-corrected chi connectivity index (χ1v) is 8.41. The van der Waals surface area contributed by atoms with E-state index in [4.69, 9.17) is 4.74 Å². The van der Waals surface area contributed by atoms with Gasteiger partial charge in [0.1, 0.15) is 11.9 Å². The Kier molecular flexibility index (Phi) is 6.92. The molecule has 1 atom stereocenters. The van der Waals surface area contributed by atoms with Crippen molar-refractivity contribution < 1.29 is 32.3 Å². The largest absolute Gasteiger partial charge is 0.456 e. The Labute approximate surface area is 159 Å². The number of carbonyl (C=O) groups excluding carboxylic acids is 3. The van der Waals surface area contributed by atoms with Gasteiger partial charge in [0.15, 0.2) is 24.0 Å². The lowest BCUT2D eigenvalue weighted by molar-refractivity contribution is -0.145. The van der Waals surface area contributed by atoms with Gasteiger partial charge in [0, 0.05) is 5.56 Å². The fourth-order valence-corrected chi connectivity index (χ4v) is 2.34. The Bertz CT molecular complexity index is 899. The summed E-state index contributed by atoms with van der Waals surface area (Å²) in [5.74, 6) is -5.92. The van der Waals surface area contributed by atoms with Gasteiger partial charge in [-0.05, 0) is 36.2 Å². The molecule has 0 bridgehead atoms. The van der Waals surface area contributed by atoms with Gasteiger partial charge in [-0.2, -0.15) is 0 Å². The zero-order valence-corrected chi connectivity index (χ0v) is 15.2. The van der Waals surface area contributed by atoms with Crippen molar-refractivity contribution in [3.05, 3.63) is 71.0 Å². The van der Waals surface area contributed by atoms with Gasteiger partial charge in [0.05, 0.1) is 5.56 Å². The third-order valence-electron chi connectivity index (χ3n) is 3.91. The number of halogens is 3. The van der Waals surface area contributed by atoms with Crippen LogP contribution in [0.5, 0.6) is 0 Å². The summed E-state index contributed by atoms with van der Waals surface area (Å²) in [4.78, 5) is 36.5. The number of carbonyl (C=O) groups is 3. The molecule has 5 nitrogen and oxygen atoms in total. The minimum Gasteiger partial charge on any atom is -0.456 e. The molecule has 8 heteroatoms. The second kappa shape index (κ2) is 9.16. The van der Waals surface area contributed by atoms with Gasteiger partial charge in [-0.15, -0.1) is 0 Å². The van der Waals surface area contributed by atoms with Crippen LogP contribution in [0.25, 0.3) is 0 Å². The van der Waals surface area contributed by atoms with Crippen LogP contribution in [0.3, 0.4) is 0 Å². The van der Waals surface area contributed by atoms with E-state index in [1.165, 1.54) is 18.2 Å². The van der Waals surface area contributed by atoms with Crippen molar-refractivity contribution in [1.82, 2.24) is 5.32 Å². The highest BCUT2D eigenvalue weighted by Gasteiger charge is 2.27. The molecular formula is C20H18F3NO4. The van der Waals surface area contributed by atoms with Crippen LogP contribution in [-0.4, -0.2) is 30.3 Å². The predicted molar refractivity (Wildman–Crippen MR) is 94.1 cm³/mol. The molecule has 0 aliphatic rings.